The highest BCUT2D eigenvalue weighted by atomic mass is 32.2. The lowest BCUT2D eigenvalue weighted by Gasteiger charge is -2.29. The molecule has 1 saturated heterocycles. The Bertz CT molecular complexity index is 1530. The number of rotatable bonds is 12. The number of sulfone groups is 1. The van der Waals surface area contributed by atoms with Crippen LogP contribution in [0.4, 0.5) is 5.13 Å². The van der Waals surface area contributed by atoms with Crippen molar-refractivity contribution in [3.05, 3.63) is 48.0 Å². The Labute approximate surface area is 240 Å². The molecule has 1 fully saturated rings. The summed E-state index contributed by atoms with van der Waals surface area (Å²) in [5.41, 5.74) is 0.656. The number of morpholine rings is 1. The van der Waals surface area contributed by atoms with Crippen LogP contribution in [0.2, 0.25) is 0 Å². The molecule has 40 heavy (non-hydrogen) atoms. The lowest BCUT2D eigenvalue weighted by molar-refractivity contribution is 0.0391. The number of hydrogen-bond donors (Lipinski definition) is 0. The lowest BCUT2D eigenvalue weighted by atomic mass is 10.2. The summed E-state index contributed by atoms with van der Waals surface area (Å²) in [7, 11) is -7.20. The van der Waals surface area contributed by atoms with Gasteiger partial charge in [0.25, 0.3) is 5.91 Å². The Morgan fingerprint density at radius 1 is 0.975 bits per heavy atom. The molecular formula is C27H36N4O6S3. The molecule has 0 radical (unpaired) electrons. The SMILES string of the molecule is CCCN(CCC)S(=O)(=O)c1ccc(C(=O)N(CCN2CCOCC2)c2nc3c(S(C)(=O)=O)cccc3s2)cc1. The second-order valence-electron chi connectivity index (χ2n) is 9.71. The van der Waals surface area contributed by atoms with Gasteiger partial charge < -0.3 is 4.74 Å². The molecule has 4 rings (SSSR count). The maximum Gasteiger partial charge on any atom is 0.260 e. The van der Waals surface area contributed by atoms with Crippen molar-refractivity contribution in [2.45, 2.75) is 36.5 Å². The molecule has 2 aromatic carbocycles. The van der Waals surface area contributed by atoms with Crippen molar-refractivity contribution in [3.8, 4) is 0 Å². The number of thiazole rings is 1. The first-order valence-corrected chi connectivity index (χ1v) is 17.5. The van der Waals surface area contributed by atoms with E-state index in [4.69, 9.17) is 4.74 Å². The van der Waals surface area contributed by atoms with E-state index in [1.54, 1.807) is 17.0 Å². The number of fused-ring (bicyclic) bond motifs is 1. The Kier molecular flexibility index (Phi) is 9.96. The second-order valence-corrected chi connectivity index (χ2v) is 14.6. The quantitative estimate of drug-likeness (QED) is 0.307. The summed E-state index contributed by atoms with van der Waals surface area (Å²) in [6.45, 7) is 8.38. The zero-order valence-electron chi connectivity index (χ0n) is 23.1. The largest absolute Gasteiger partial charge is 0.379 e. The third-order valence-electron chi connectivity index (χ3n) is 6.67. The number of anilines is 1. The van der Waals surface area contributed by atoms with E-state index in [1.807, 2.05) is 13.8 Å². The number of sulfonamides is 1. The monoisotopic (exact) mass is 608 g/mol. The number of hydrogen-bond acceptors (Lipinski definition) is 9. The molecule has 2 heterocycles. The topological polar surface area (TPSA) is 117 Å². The second kappa shape index (κ2) is 13.0. The molecule has 0 aliphatic carbocycles. The maximum atomic E-state index is 13.8. The number of carbonyl (C=O) groups is 1. The highest BCUT2D eigenvalue weighted by Crippen LogP contribution is 2.33. The molecule has 13 heteroatoms. The van der Waals surface area contributed by atoms with Gasteiger partial charge in [0.2, 0.25) is 10.0 Å². The molecule has 0 spiro atoms. The van der Waals surface area contributed by atoms with Crippen LogP contribution < -0.4 is 4.90 Å². The summed E-state index contributed by atoms with van der Waals surface area (Å²) >= 11 is 1.25. The van der Waals surface area contributed by atoms with Gasteiger partial charge in [-0.25, -0.2) is 21.8 Å². The Hall–Kier alpha value is -2.42. The van der Waals surface area contributed by atoms with Crippen molar-refractivity contribution in [1.29, 1.82) is 0 Å². The molecular weight excluding hydrogens is 573 g/mol. The van der Waals surface area contributed by atoms with E-state index in [9.17, 15) is 21.6 Å². The van der Waals surface area contributed by atoms with E-state index in [0.717, 1.165) is 19.3 Å². The Balaban J connectivity index is 1.67. The molecule has 0 atom stereocenters. The third-order valence-corrected chi connectivity index (χ3v) is 10.8. The van der Waals surface area contributed by atoms with Crippen LogP contribution in [0.1, 0.15) is 37.0 Å². The Morgan fingerprint density at radius 2 is 1.62 bits per heavy atom. The molecule has 0 saturated carbocycles. The van der Waals surface area contributed by atoms with Gasteiger partial charge in [0, 0.05) is 51.1 Å². The van der Waals surface area contributed by atoms with E-state index >= 15 is 0 Å². The van der Waals surface area contributed by atoms with Crippen LogP contribution >= 0.6 is 11.3 Å². The fourth-order valence-corrected chi connectivity index (χ4v) is 8.14. The van der Waals surface area contributed by atoms with Crippen molar-refractivity contribution in [1.82, 2.24) is 14.2 Å². The van der Waals surface area contributed by atoms with Crippen molar-refractivity contribution in [2.24, 2.45) is 0 Å². The summed E-state index contributed by atoms with van der Waals surface area (Å²) < 4.78 is 58.7. The fourth-order valence-electron chi connectivity index (χ4n) is 4.60. The van der Waals surface area contributed by atoms with Gasteiger partial charge in [-0.3, -0.25) is 14.6 Å². The molecule has 1 aromatic heterocycles. The normalized spacial score (nSPS) is 15.1. The number of benzene rings is 2. The Morgan fingerprint density at radius 3 is 2.23 bits per heavy atom. The van der Waals surface area contributed by atoms with Gasteiger partial charge in [0.1, 0.15) is 5.52 Å². The zero-order chi connectivity index (χ0) is 28.9. The third kappa shape index (κ3) is 6.89. The van der Waals surface area contributed by atoms with Gasteiger partial charge >= 0.3 is 0 Å². The van der Waals surface area contributed by atoms with Crippen LogP contribution in [0.15, 0.2) is 52.3 Å². The number of carbonyl (C=O) groups excluding carboxylic acids is 1. The van der Waals surface area contributed by atoms with Crippen LogP contribution in [0.3, 0.4) is 0 Å². The van der Waals surface area contributed by atoms with Crippen LogP contribution in [0.5, 0.6) is 0 Å². The molecule has 1 amide bonds. The number of ether oxygens (including phenoxy) is 1. The summed E-state index contributed by atoms with van der Waals surface area (Å²) in [5.74, 6) is -0.337. The maximum absolute atomic E-state index is 13.8. The van der Waals surface area contributed by atoms with Crippen molar-refractivity contribution in [2.75, 3.05) is 63.6 Å². The van der Waals surface area contributed by atoms with E-state index in [2.05, 4.69) is 9.88 Å². The molecule has 10 nitrogen and oxygen atoms in total. The molecule has 0 bridgehead atoms. The summed E-state index contributed by atoms with van der Waals surface area (Å²) in [6, 6.07) is 11.0. The summed E-state index contributed by atoms with van der Waals surface area (Å²) in [5, 5.41) is 0.387. The zero-order valence-corrected chi connectivity index (χ0v) is 25.5. The van der Waals surface area contributed by atoms with Crippen molar-refractivity contribution >= 4 is 52.5 Å². The van der Waals surface area contributed by atoms with Gasteiger partial charge in [-0.15, -0.1) is 0 Å². The van der Waals surface area contributed by atoms with E-state index in [1.165, 1.54) is 46.0 Å². The van der Waals surface area contributed by atoms with Crippen LogP contribution in [-0.2, 0) is 24.6 Å². The number of para-hydroxylation sites is 1. The van der Waals surface area contributed by atoms with E-state index in [-0.39, 0.29) is 15.7 Å². The molecule has 0 unspecified atom stereocenters. The minimum absolute atomic E-state index is 0.117. The predicted octanol–water partition coefficient (Wildman–Crippen LogP) is 3.49. The minimum Gasteiger partial charge on any atom is -0.379 e. The standard InChI is InChI=1S/C27H36N4O6S3/c1-4-13-30(14-5-2)40(35,36)22-11-9-21(10-12-22)26(32)31(16-15-29-17-19-37-20-18-29)27-28-25-23(38-27)7-6-8-24(25)39(3,33)34/h6-12H,4-5,13-20H2,1-3H3. The first-order chi connectivity index (χ1) is 19.1. The van der Waals surface area contributed by atoms with E-state index < -0.39 is 19.9 Å². The average molecular weight is 609 g/mol. The van der Waals surface area contributed by atoms with Gasteiger partial charge in [-0.05, 0) is 49.2 Å². The van der Waals surface area contributed by atoms with E-state index in [0.29, 0.717) is 73.1 Å². The highest BCUT2D eigenvalue weighted by molar-refractivity contribution is 7.91. The van der Waals surface area contributed by atoms with Gasteiger partial charge in [0.05, 0.1) is 27.7 Å². The first-order valence-electron chi connectivity index (χ1n) is 13.4. The van der Waals surface area contributed by atoms with Crippen LogP contribution in [0, 0.1) is 0 Å². The van der Waals surface area contributed by atoms with Gasteiger partial charge in [0.15, 0.2) is 15.0 Å². The van der Waals surface area contributed by atoms with Crippen LogP contribution in [0.25, 0.3) is 10.2 Å². The summed E-state index contributed by atoms with van der Waals surface area (Å²) in [6.07, 6.45) is 2.55. The van der Waals surface area contributed by atoms with Gasteiger partial charge in [-0.2, -0.15) is 4.31 Å². The smallest absolute Gasteiger partial charge is 0.260 e. The molecule has 0 N–H and O–H groups in total. The molecule has 218 valence electrons. The van der Waals surface area contributed by atoms with Crippen LogP contribution in [-0.4, -0.2) is 95.7 Å². The lowest BCUT2D eigenvalue weighted by Crippen LogP contribution is -2.43. The highest BCUT2D eigenvalue weighted by Gasteiger charge is 2.27. The molecule has 1 aliphatic heterocycles. The van der Waals surface area contributed by atoms with Gasteiger partial charge in [-0.1, -0.05) is 31.3 Å². The first kappa shape index (κ1) is 30.5. The molecule has 1 aliphatic rings. The van der Waals surface area contributed by atoms with Crippen molar-refractivity contribution < 1.29 is 26.4 Å². The number of nitrogens with zero attached hydrogens (tertiary/aromatic N) is 4. The molecule has 3 aromatic rings. The predicted molar refractivity (Wildman–Crippen MR) is 157 cm³/mol. The fraction of sp³-hybridized carbons (Fsp3) is 0.481. The van der Waals surface area contributed by atoms with Crippen molar-refractivity contribution in [3.63, 3.8) is 0 Å². The number of aromatic nitrogens is 1. The summed E-state index contributed by atoms with van der Waals surface area (Å²) in [4.78, 5) is 22.5. The average Bonchev–Trinajstić information content (AvgIpc) is 3.37. The number of amides is 1. The minimum atomic E-state index is -3.68.